The molecular weight excluding hydrogens is 463 g/mol. The lowest BCUT2D eigenvalue weighted by atomic mass is 9.95. The van der Waals surface area contributed by atoms with Gasteiger partial charge in [0.25, 0.3) is 0 Å². The summed E-state index contributed by atoms with van der Waals surface area (Å²) in [5, 5.41) is 13.5. The minimum atomic E-state index is -0.894. The number of nitrogens with zero attached hydrogens (tertiary/aromatic N) is 1. The number of rotatable bonds is 6. The highest BCUT2D eigenvalue weighted by Crippen LogP contribution is 2.46. The van der Waals surface area contributed by atoms with Crippen molar-refractivity contribution in [3.8, 4) is 5.75 Å². The Hall–Kier alpha value is -2.18. The third-order valence-corrected chi connectivity index (χ3v) is 8.07. The summed E-state index contributed by atoms with van der Waals surface area (Å²) in [5.41, 5.74) is 0.644. The van der Waals surface area contributed by atoms with Gasteiger partial charge in [-0.15, -0.1) is 0 Å². The quantitative estimate of drug-likeness (QED) is 0.578. The van der Waals surface area contributed by atoms with Crippen LogP contribution >= 0.6 is 23.2 Å². The summed E-state index contributed by atoms with van der Waals surface area (Å²) in [7, 11) is 0. The van der Waals surface area contributed by atoms with Gasteiger partial charge in [0, 0.05) is 41.9 Å². The van der Waals surface area contributed by atoms with Crippen LogP contribution in [0.15, 0.2) is 41.5 Å². The van der Waals surface area contributed by atoms with Crippen molar-refractivity contribution in [2.24, 2.45) is 11.8 Å². The molecule has 0 aromatic heterocycles. The highest BCUT2D eigenvalue weighted by atomic mass is 35.5. The largest absolute Gasteiger partial charge is 0.489 e. The predicted octanol–water partition coefficient (Wildman–Crippen LogP) is 5.14. The molecule has 2 saturated heterocycles. The minimum absolute atomic E-state index is 0.0129. The number of fused-ring (bicyclic) bond motifs is 2. The average molecular weight is 491 g/mol. The first kappa shape index (κ1) is 22.6. The standard InChI is InChI=1S/C25H28Cl2N2O4/c26-20-4-2-1-3-18(20)19-13-22(19)28-25(32)29-15-6-7-16(29)12-17(11-15)33-23-8-5-14(9-21(23)27)10-24(30)31/h1-2,4-5,8-9,15-19,22H,3,6-7,10-13H2,(H,28,32)(H,30,31)/t15-,16+,17+,18?,19-,22+/m1/s1. The molecule has 1 unspecified atom stereocenters. The van der Waals surface area contributed by atoms with E-state index >= 15 is 0 Å². The van der Waals surface area contributed by atoms with Gasteiger partial charge in [-0.3, -0.25) is 4.79 Å². The molecular formula is C25H28Cl2N2O4. The van der Waals surface area contributed by atoms with E-state index in [9.17, 15) is 9.59 Å². The van der Waals surface area contributed by atoms with E-state index in [1.165, 1.54) is 0 Å². The third kappa shape index (κ3) is 4.87. The fourth-order valence-electron chi connectivity index (χ4n) is 5.72. The molecule has 0 radical (unpaired) electrons. The van der Waals surface area contributed by atoms with Crippen LogP contribution in [0.5, 0.6) is 5.75 Å². The molecule has 2 heterocycles. The smallest absolute Gasteiger partial charge is 0.318 e. The van der Waals surface area contributed by atoms with Crippen LogP contribution in [-0.4, -0.2) is 46.2 Å². The first-order chi connectivity index (χ1) is 15.9. The van der Waals surface area contributed by atoms with Gasteiger partial charge in [0.1, 0.15) is 11.9 Å². The maximum atomic E-state index is 13.1. The number of hydrogen-bond donors (Lipinski definition) is 2. The number of amides is 2. The second-order valence-electron chi connectivity index (χ2n) is 9.62. The number of carbonyl (C=O) groups is 2. The molecule has 2 amide bonds. The van der Waals surface area contributed by atoms with Crippen LogP contribution < -0.4 is 10.1 Å². The van der Waals surface area contributed by atoms with Gasteiger partial charge in [0.15, 0.2) is 0 Å². The molecule has 2 bridgehead atoms. The molecule has 2 aliphatic carbocycles. The number of ether oxygens (including phenoxy) is 1. The monoisotopic (exact) mass is 490 g/mol. The van der Waals surface area contributed by atoms with Gasteiger partial charge in [-0.2, -0.15) is 0 Å². The van der Waals surface area contributed by atoms with Gasteiger partial charge in [-0.05, 0) is 55.4 Å². The molecule has 1 saturated carbocycles. The summed E-state index contributed by atoms with van der Waals surface area (Å²) in [6.07, 6.45) is 11.5. The Bertz CT molecular complexity index is 996. The fourth-order valence-corrected chi connectivity index (χ4v) is 6.29. The van der Waals surface area contributed by atoms with E-state index < -0.39 is 5.97 Å². The summed E-state index contributed by atoms with van der Waals surface area (Å²) >= 11 is 12.7. The minimum Gasteiger partial charge on any atom is -0.489 e. The topological polar surface area (TPSA) is 78.9 Å². The SMILES string of the molecule is O=C(O)Cc1ccc(O[C@H]2C[C@H]3CC[C@@H](C2)N3C(=O)N[C@H]2C[C@@H]2C2CC=CC=C2Cl)c(Cl)c1. The molecule has 8 heteroatoms. The summed E-state index contributed by atoms with van der Waals surface area (Å²) in [6.45, 7) is 0. The van der Waals surface area contributed by atoms with E-state index in [0.717, 1.165) is 43.6 Å². The van der Waals surface area contributed by atoms with Crippen molar-refractivity contribution in [2.45, 2.75) is 69.2 Å². The fraction of sp³-hybridized carbons (Fsp3) is 0.520. The number of nitrogens with one attached hydrogen (secondary N) is 1. The van der Waals surface area contributed by atoms with E-state index in [-0.39, 0.29) is 36.7 Å². The van der Waals surface area contributed by atoms with Crippen LogP contribution in [-0.2, 0) is 11.2 Å². The molecule has 5 rings (SSSR count). The number of carboxylic acids is 1. The van der Waals surface area contributed by atoms with Crippen molar-refractivity contribution in [2.75, 3.05) is 0 Å². The van der Waals surface area contributed by atoms with Gasteiger partial charge in [0.2, 0.25) is 0 Å². The number of halogens is 2. The van der Waals surface area contributed by atoms with Crippen molar-refractivity contribution >= 4 is 35.2 Å². The van der Waals surface area contributed by atoms with Gasteiger partial charge in [-0.25, -0.2) is 4.79 Å². The molecule has 1 aromatic carbocycles. The van der Waals surface area contributed by atoms with Crippen molar-refractivity contribution < 1.29 is 19.4 Å². The number of urea groups is 1. The molecule has 1 aromatic rings. The number of carbonyl (C=O) groups excluding carboxylic acids is 1. The lowest BCUT2D eigenvalue weighted by Crippen LogP contribution is -2.53. The summed E-state index contributed by atoms with van der Waals surface area (Å²) in [6, 6.07) is 5.70. The van der Waals surface area contributed by atoms with E-state index in [1.807, 2.05) is 17.1 Å². The Balaban J connectivity index is 1.16. The highest BCUT2D eigenvalue weighted by molar-refractivity contribution is 6.32. The van der Waals surface area contributed by atoms with Crippen molar-refractivity contribution in [3.05, 3.63) is 52.0 Å². The lowest BCUT2D eigenvalue weighted by molar-refractivity contribution is -0.136. The van der Waals surface area contributed by atoms with E-state index in [4.69, 9.17) is 33.0 Å². The number of hydrogen-bond acceptors (Lipinski definition) is 3. The molecule has 2 aliphatic heterocycles. The third-order valence-electron chi connectivity index (χ3n) is 7.37. The van der Waals surface area contributed by atoms with E-state index in [2.05, 4.69) is 11.4 Å². The van der Waals surface area contributed by atoms with Crippen LogP contribution in [0.2, 0.25) is 5.02 Å². The summed E-state index contributed by atoms with van der Waals surface area (Å²) in [5.74, 6) is 0.423. The van der Waals surface area contributed by atoms with Crippen LogP contribution in [0.1, 0.15) is 44.1 Å². The molecule has 176 valence electrons. The molecule has 6 nitrogen and oxygen atoms in total. The van der Waals surface area contributed by atoms with Crippen molar-refractivity contribution in [1.29, 1.82) is 0 Å². The zero-order valence-corrected chi connectivity index (χ0v) is 19.8. The lowest BCUT2D eigenvalue weighted by Gasteiger charge is -2.39. The summed E-state index contributed by atoms with van der Waals surface area (Å²) < 4.78 is 6.19. The second kappa shape index (κ2) is 9.22. The first-order valence-electron chi connectivity index (χ1n) is 11.7. The summed E-state index contributed by atoms with van der Waals surface area (Å²) in [4.78, 5) is 26.0. The van der Waals surface area contributed by atoms with Gasteiger partial charge >= 0.3 is 12.0 Å². The first-order valence-corrected chi connectivity index (χ1v) is 12.4. The van der Waals surface area contributed by atoms with Crippen molar-refractivity contribution in [1.82, 2.24) is 10.2 Å². The molecule has 0 spiro atoms. The number of allylic oxidation sites excluding steroid dienone is 4. The second-order valence-corrected chi connectivity index (χ2v) is 10.5. The molecule has 4 aliphatic rings. The predicted molar refractivity (Wildman–Crippen MR) is 127 cm³/mol. The number of benzene rings is 1. The zero-order valence-electron chi connectivity index (χ0n) is 18.3. The molecule has 2 N–H and O–H groups in total. The normalized spacial score (nSPS) is 32.3. The molecule has 3 fully saturated rings. The molecule has 6 atom stereocenters. The van der Waals surface area contributed by atoms with E-state index in [1.54, 1.807) is 18.2 Å². The Labute approximate surface area is 203 Å². The van der Waals surface area contributed by atoms with Gasteiger partial charge in [-0.1, -0.05) is 41.4 Å². The number of piperidine rings is 1. The Morgan fingerprint density at radius 3 is 2.58 bits per heavy atom. The Morgan fingerprint density at radius 2 is 1.91 bits per heavy atom. The highest BCUT2D eigenvalue weighted by Gasteiger charge is 2.48. The number of carboxylic acid groups (broad SMARTS) is 1. The van der Waals surface area contributed by atoms with Gasteiger partial charge < -0.3 is 20.1 Å². The zero-order chi connectivity index (χ0) is 23.1. The molecule has 33 heavy (non-hydrogen) atoms. The Kier molecular flexibility index (Phi) is 6.32. The Morgan fingerprint density at radius 1 is 1.15 bits per heavy atom. The van der Waals surface area contributed by atoms with Gasteiger partial charge in [0.05, 0.1) is 11.4 Å². The van der Waals surface area contributed by atoms with Crippen molar-refractivity contribution in [3.63, 3.8) is 0 Å². The van der Waals surface area contributed by atoms with Crippen LogP contribution in [0, 0.1) is 11.8 Å². The van der Waals surface area contributed by atoms with Crippen LogP contribution in [0.4, 0.5) is 4.79 Å². The average Bonchev–Trinajstić information content (AvgIpc) is 3.46. The maximum Gasteiger partial charge on any atom is 0.318 e. The number of aliphatic carboxylic acids is 1. The van der Waals surface area contributed by atoms with Crippen LogP contribution in [0.3, 0.4) is 0 Å². The maximum absolute atomic E-state index is 13.1. The van der Waals surface area contributed by atoms with E-state index in [0.29, 0.717) is 28.2 Å². The van der Waals surface area contributed by atoms with Crippen LogP contribution in [0.25, 0.3) is 0 Å².